The van der Waals surface area contributed by atoms with Crippen LogP contribution in [0.3, 0.4) is 0 Å². The van der Waals surface area contributed by atoms with Gasteiger partial charge in [-0.05, 0) is 42.7 Å². The van der Waals surface area contributed by atoms with Crippen molar-refractivity contribution in [2.75, 3.05) is 5.75 Å². The number of hydrogen-bond donors (Lipinski definition) is 2. The zero-order valence-electron chi connectivity index (χ0n) is 9.47. The number of hydrogen-bond acceptors (Lipinski definition) is 3. The van der Waals surface area contributed by atoms with E-state index in [0.29, 0.717) is 24.2 Å². The standard InChI is InChI=1S/C13H15NO2S/c14-9-11-4-1-3-10(7-11)8-12(13(15)16)5-2-6-17/h1,3-4,7,12,17H,2,5-6,8H2,(H,15,16)/t12-/m1/s1. The Labute approximate surface area is 106 Å². The van der Waals surface area contributed by atoms with Gasteiger partial charge < -0.3 is 5.11 Å². The van der Waals surface area contributed by atoms with Gasteiger partial charge in [0.15, 0.2) is 0 Å². The van der Waals surface area contributed by atoms with Crippen LogP contribution in [-0.4, -0.2) is 16.8 Å². The van der Waals surface area contributed by atoms with E-state index in [1.807, 2.05) is 6.07 Å². The highest BCUT2D eigenvalue weighted by molar-refractivity contribution is 7.80. The van der Waals surface area contributed by atoms with Crippen molar-refractivity contribution in [1.29, 1.82) is 5.26 Å². The van der Waals surface area contributed by atoms with Crippen molar-refractivity contribution in [3.8, 4) is 6.07 Å². The molecular weight excluding hydrogens is 234 g/mol. The SMILES string of the molecule is N#Cc1cccc(C[C@@H](CCCS)C(=O)O)c1. The molecule has 1 aromatic rings. The van der Waals surface area contributed by atoms with Gasteiger partial charge in [0.1, 0.15) is 0 Å². The second-order valence-corrected chi connectivity index (χ2v) is 4.36. The molecule has 1 aromatic carbocycles. The molecule has 0 saturated carbocycles. The van der Waals surface area contributed by atoms with Gasteiger partial charge in [0.05, 0.1) is 17.6 Å². The minimum Gasteiger partial charge on any atom is -0.481 e. The summed E-state index contributed by atoms with van der Waals surface area (Å²) in [6, 6.07) is 9.16. The molecule has 0 unspecified atom stereocenters. The molecule has 4 heteroatoms. The molecule has 0 fully saturated rings. The van der Waals surface area contributed by atoms with Crippen molar-refractivity contribution in [3.05, 3.63) is 35.4 Å². The second kappa shape index (κ2) is 6.97. The predicted molar refractivity (Wildman–Crippen MR) is 69.1 cm³/mol. The van der Waals surface area contributed by atoms with Gasteiger partial charge in [-0.25, -0.2) is 0 Å². The largest absolute Gasteiger partial charge is 0.481 e. The number of nitriles is 1. The maximum Gasteiger partial charge on any atom is 0.306 e. The van der Waals surface area contributed by atoms with Crippen LogP contribution < -0.4 is 0 Å². The van der Waals surface area contributed by atoms with Gasteiger partial charge in [0.2, 0.25) is 0 Å². The molecule has 0 bridgehead atoms. The van der Waals surface area contributed by atoms with Crippen molar-refractivity contribution < 1.29 is 9.90 Å². The van der Waals surface area contributed by atoms with Crippen LogP contribution in [0.1, 0.15) is 24.0 Å². The summed E-state index contributed by atoms with van der Waals surface area (Å²) in [5.74, 6) is -0.479. The number of rotatable bonds is 6. The first-order chi connectivity index (χ1) is 8.17. The summed E-state index contributed by atoms with van der Waals surface area (Å²) in [5.41, 5.74) is 1.47. The Balaban J connectivity index is 2.72. The molecule has 0 heterocycles. The predicted octanol–water partition coefficient (Wildman–Crippen LogP) is 2.51. The molecule has 0 amide bonds. The first-order valence-electron chi connectivity index (χ1n) is 5.50. The molecule has 0 saturated heterocycles. The molecule has 0 aliphatic rings. The summed E-state index contributed by atoms with van der Waals surface area (Å²) in [5, 5.41) is 17.9. The lowest BCUT2D eigenvalue weighted by Crippen LogP contribution is -2.16. The highest BCUT2D eigenvalue weighted by Crippen LogP contribution is 2.16. The average molecular weight is 249 g/mol. The van der Waals surface area contributed by atoms with E-state index < -0.39 is 11.9 Å². The fourth-order valence-electron chi connectivity index (χ4n) is 1.70. The van der Waals surface area contributed by atoms with Gasteiger partial charge in [0.25, 0.3) is 0 Å². The maximum absolute atomic E-state index is 11.1. The lowest BCUT2D eigenvalue weighted by Gasteiger charge is -2.11. The van der Waals surface area contributed by atoms with E-state index in [4.69, 9.17) is 10.4 Å². The van der Waals surface area contributed by atoms with Gasteiger partial charge in [-0.15, -0.1) is 0 Å². The zero-order valence-corrected chi connectivity index (χ0v) is 10.4. The van der Waals surface area contributed by atoms with E-state index in [9.17, 15) is 4.79 Å². The van der Waals surface area contributed by atoms with Crippen molar-refractivity contribution in [3.63, 3.8) is 0 Å². The Hall–Kier alpha value is -1.47. The minimum atomic E-state index is -0.783. The highest BCUT2D eigenvalue weighted by Gasteiger charge is 2.17. The van der Waals surface area contributed by atoms with Crippen molar-refractivity contribution >= 4 is 18.6 Å². The summed E-state index contributed by atoms with van der Waals surface area (Å²) in [7, 11) is 0. The summed E-state index contributed by atoms with van der Waals surface area (Å²) in [4.78, 5) is 11.1. The molecule has 0 spiro atoms. The Morgan fingerprint density at radius 1 is 1.53 bits per heavy atom. The molecular formula is C13H15NO2S. The number of carboxylic acids is 1. The van der Waals surface area contributed by atoms with Gasteiger partial charge in [0, 0.05) is 0 Å². The van der Waals surface area contributed by atoms with E-state index in [-0.39, 0.29) is 0 Å². The molecule has 17 heavy (non-hydrogen) atoms. The lowest BCUT2D eigenvalue weighted by molar-refractivity contribution is -0.141. The highest BCUT2D eigenvalue weighted by atomic mass is 32.1. The van der Waals surface area contributed by atoms with Crippen LogP contribution in [0, 0.1) is 17.2 Å². The molecule has 0 aliphatic carbocycles. The average Bonchev–Trinajstić information content (AvgIpc) is 2.34. The third-order valence-electron chi connectivity index (χ3n) is 2.60. The van der Waals surface area contributed by atoms with Gasteiger partial charge in [-0.2, -0.15) is 17.9 Å². The quantitative estimate of drug-likeness (QED) is 0.761. The summed E-state index contributed by atoms with van der Waals surface area (Å²) >= 11 is 4.09. The molecule has 0 radical (unpaired) electrons. The number of carboxylic acid groups (broad SMARTS) is 1. The van der Waals surface area contributed by atoms with Gasteiger partial charge in [-0.3, -0.25) is 4.79 Å². The molecule has 3 nitrogen and oxygen atoms in total. The molecule has 1 N–H and O–H groups in total. The molecule has 1 atom stereocenters. The van der Waals surface area contributed by atoms with Gasteiger partial charge in [-0.1, -0.05) is 12.1 Å². The van der Waals surface area contributed by atoms with E-state index in [0.717, 1.165) is 12.0 Å². The fraction of sp³-hybridized carbons (Fsp3) is 0.385. The Bertz CT molecular complexity index is 426. The third-order valence-corrected chi connectivity index (χ3v) is 2.91. The van der Waals surface area contributed by atoms with Crippen molar-refractivity contribution in [1.82, 2.24) is 0 Å². The van der Waals surface area contributed by atoms with Crippen molar-refractivity contribution in [2.24, 2.45) is 5.92 Å². The van der Waals surface area contributed by atoms with Gasteiger partial charge >= 0.3 is 5.97 Å². The van der Waals surface area contributed by atoms with Crippen LogP contribution >= 0.6 is 12.6 Å². The molecule has 1 rings (SSSR count). The molecule has 0 aromatic heterocycles. The third kappa shape index (κ3) is 4.49. The number of benzene rings is 1. The monoisotopic (exact) mass is 249 g/mol. The topological polar surface area (TPSA) is 61.1 Å². The first-order valence-corrected chi connectivity index (χ1v) is 6.13. The van der Waals surface area contributed by atoms with E-state index >= 15 is 0 Å². The number of carbonyl (C=O) groups is 1. The van der Waals surface area contributed by atoms with E-state index in [1.54, 1.807) is 18.2 Å². The molecule has 0 aliphatic heterocycles. The minimum absolute atomic E-state index is 0.393. The smallest absolute Gasteiger partial charge is 0.306 e. The fourth-order valence-corrected chi connectivity index (χ4v) is 1.89. The summed E-state index contributed by atoms with van der Waals surface area (Å²) in [6.07, 6.45) is 1.88. The van der Waals surface area contributed by atoms with Crippen LogP contribution in [0.25, 0.3) is 0 Å². The van der Waals surface area contributed by atoms with E-state index in [2.05, 4.69) is 18.7 Å². The normalized spacial score (nSPS) is 11.8. The molecule has 90 valence electrons. The van der Waals surface area contributed by atoms with E-state index in [1.165, 1.54) is 0 Å². The van der Waals surface area contributed by atoms with Crippen LogP contribution in [0.4, 0.5) is 0 Å². The maximum atomic E-state index is 11.1. The van der Waals surface area contributed by atoms with Crippen LogP contribution in [0.2, 0.25) is 0 Å². The number of nitrogens with zero attached hydrogens (tertiary/aromatic N) is 1. The van der Waals surface area contributed by atoms with Crippen molar-refractivity contribution in [2.45, 2.75) is 19.3 Å². The lowest BCUT2D eigenvalue weighted by atomic mass is 9.94. The second-order valence-electron chi connectivity index (χ2n) is 3.92. The van der Waals surface area contributed by atoms with Crippen LogP contribution in [-0.2, 0) is 11.2 Å². The Morgan fingerprint density at radius 2 is 2.29 bits per heavy atom. The summed E-state index contributed by atoms with van der Waals surface area (Å²) < 4.78 is 0. The first kappa shape index (κ1) is 13.6. The zero-order chi connectivity index (χ0) is 12.7. The Morgan fingerprint density at radius 3 is 2.88 bits per heavy atom. The number of aliphatic carboxylic acids is 1. The number of thiol groups is 1. The Kier molecular flexibility index (Phi) is 5.58. The van der Waals surface area contributed by atoms with Crippen LogP contribution in [0.15, 0.2) is 24.3 Å². The van der Waals surface area contributed by atoms with Crippen LogP contribution in [0.5, 0.6) is 0 Å². The summed E-state index contributed by atoms with van der Waals surface area (Å²) in [6.45, 7) is 0.